The third kappa shape index (κ3) is 2.97. The van der Waals surface area contributed by atoms with E-state index in [2.05, 4.69) is 74.2 Å². The zero-order valence-corrected chi connectivity index (χ0v) is 13.3. The van der Waals surface area contributed by atoms with Crippen molar-refractivity contribution in [3.05, 3.63) is 65.2 Å². The van der Waals surface area contributed by atoms with Crippen LogP contribution in [0.25, 0.3) is 0 Å². The Morgan fingerprint density at radius 3 is 2.10 bits per heavy atom. The molecule has 0 spiro atoms. The summed E-state index contributed by atoms with van der Waals surface area (Å²) in [4.78, 5) is 2.64. The molecule has 0 aliphatic heterocycles. The Labute approximate surface area is 128 Å². The number of anilines is 1. The lowest BCUT2D eigenvalue weighted by atomic mass is 10.1. The number of hydrogen-bond acceptors (Lipinski definition) is 1. The van der Waals surface area contributed by atoms with Gasteiger partial charge in [0.2, 0.25) is 0 Å². The van der Waals surface area contributed by atoms with E-state index in [1.165, 1.54) is 35.2 Å². The Morgan fingerprint density at radius 1 is 0.952 bits per heavy atom. The van der Waals surface area contributed by atoms with E-state index in [9.17, 15) is 0 Å². The van der Waals surface area contributed by atoms with Crippen molar-refractivity contribution in [2.45, 2.75) is 39.7 Å². The number of benzene rings is 2. The largest absolute Gasteiger partial charge is 0.367 e. The average molecular weight is 279 g/mol. The van der Waals surface area contributed by atoms with Crippen LogP contribution < -0.4 is 4.90 Å². The molecule has 0 heterocycles. The molecule has 1 nitrogen and oxygen atoms in total. The van der Waals surface area contributed by atoms with E-state index in [1.807, 2.05) is 0 Å². The molecule has 2 aromatic carbocycles. The molecule has 0 amide bonds. The third-order valence-electron chi connectivity index (χ3n) is 4.46. The number of aryl methyl sites for hydroxylation is 1. The lowest BCUT2D eigenvalue weighted by Gasteiger charge is -2.34. The van der Waals surface area contributed by atoms with Crippen LogP contribution in [0.1, 0.15) is 30.5 Å². The van der Waals surface area contributed by atoms with Crippen molar-refractivity contribution in [3.8, 4) is 0 Å². The SMILES string of the molecule is Cc1ccccc1N(CC(C)C)C1Cc2ccccc2C1. The standard InChI is InChI=1S/C20H25N/c1-15(2)14-21(20-11-7-4-8-16(20)3)19-12-17-9-5-6-10-18(17)13-19/h4-11,15,19H,12-14H2,1-3H3. The fourth-order valence-corrected chi connectivity index (χ4v) is 3.48. The third-order valence-corrected chi connectivity index (χ3v) is 4.46. The molecule has 2 aromatic rings. The minimum atomic E-state index is 0.603. The summed E-state index contributed by atoms with van der Waals surface area (Å²) in [7, 11) is 0. The highest BCUT2D eigenvalue weighted by Crippen LogP contribution is 2.31. The molecule has 0 fully saturated rings. The summed E-state index contributed by atoms with van der Waals surface area (Å²) >= 11 is 0. The molecule has 1 heteroatoms. The second kappa shape index (κ2) is 5.93. The molecule has 0 unspecified atom stereocenters. The molecule has 0 N–H and O–H groups in total. The predicted octanol–water partition coefficient (Wildman–Crippen LogP) is 4.62. The van der Waals surface area contributed by atoms with Crippen LogP contribution in [-0.2, 0) is 12.8 Å². The predicted molar refractivity (Wildman–Crippen MR) is 91.0 cm³/mol. The molecule has 0 aromatic heterocycles. The van der Waals surface area contributed by atoms with Gasteiger partial charge in [-0.25, -0.2) is 0 Å². The molecule has 3 rings (SSSR count). The van der Waals surface area contributed by atoms with E-state index in [4.69, 9.17) is 0 Å². The van der Waals surface area contributed by atoms with Crippen LogP contribution >= 0.6 is 0 Å². The maximum Gasteiger partial charge on any atom is 0.0398 e. The molecule has 0 saturated heterocycles. The molecule has 0 saturated carbocycles. The highest BCUT2D eigenvalue weighted by molar-refractivity contribution is 5.55. The minimum absolute atomic E-state index is 0.603. The zero-order chi connectivity index (χ0) is 14.8. The molecule has 0 atom stereocenters. The first kappa shape index (κ1) is 14.2. The molecule has 0 radical (unpaired) electrons. The quantitative estimate of drug-likeness (QED) is 0.789. The molecular weight excluding hydrogens is 254 g/mol. The summed E-state index contributed by atoms with van der Waals surface area (Å²) in [6.07, 6.45) is 2.36. The lowest BCUT2D eigenvalue weighted by molar-refractivity contribution is 0.540. The van der Waals surface area contributed by atoms with E-state index < -0.39 is 0 Å². The first-order valence-electron chi connectivity index (χ1n) is 8.04. The Bertz CT molecular complexity index is 590. The van der Waals surface area contributed by atoms with Gasteiger partial charge in [0.1, 0.15) is 0 Å². The van der Waals surface area contributed by atoms with Crippen molar-refractivity contribution in [1.29, 1.82) is 0 Å². The highest BCUT2D eigenvalue weighted by atomic mass is 15.2. The van der Waals surface area contributed by atoms with Gasteiger partial charge in [0, 0.05) is 18.3 Å². The van der Waals surface area contributed by atoms with E-state index in [0.29, 0.717) is 12.0 Å². The van der Waals surface area contributed by atoms with E-state index >= 15 is 0 Å². The maximum absolute atomic E-state index is 2.64. The van der Waals surface area contributed by atoms with Gasteiger partial charge in [0.15, 0.2) is 0 Å². The van der Waals surface area contributed by atoms with E-state index in [-0.39, 0.29) is 0 Å². The number of para-hydroxylation sites is 1. The van der Waals surface area contributed by atoms with E-state index in [1.54, 1.807) is 0 Å². The lowest BCUT2D eigenvalue weighted by Crippen LogP contribution is -2.39. The molecular formula is C20H25N. The summed E-state index contributed by atoms with van der Waals surface area (Å²) in [6.45, 7) is 7.98. The highest BCUT2D eigenvalue weighted by Gasteiger charge is 2.27. The van der Waals surface area contributed by atoms with Crippen molar-refractivity contribution < 1.29 is 0 Å². The fourth-order valence-electron chi connectivity index (χ4n) is 3.48. The van der Waals surface area contributed by atoms with Crippen LogP contribution in [0, 0.1) is 12.8 Å². The van der Waals surface area contributed by atoms with Crippen LogP contribution in [0.2, 0.25) is 0 Å². The number of rotatable bonds is 4. The Balaban J connectivity index is 1.90. The first-order chi connectivity index (χ1) is 10.1. The van der Waals surface area contributed by atoms with Gasteiger partial charge in [0.25, 0.3) is 0 Å². The Hall–Kier alpha value is -1.76. The van der Waals surface area contributed by atoms with Gasteiger partial charge in [-0.05, 0) is 48.4 Å². The Kier molecular flexibility index (Phi) is 4.01. The van der Waals surface area contributed by atoms with Crippen molar-refractivity contribution >= 4 is 5.69 Å². The van der Waals surface area contributed by atoms with Crippen molar-refractivity contribution in [2.24, 2.45) is 5.92 Å². The van der Waals surface area contributed by atoms with Crippen LogP contribution in [0.4, 0.5) is 5.69 Å². The fraction of sp³-hybridized carbons (Fsp3) is 0.400. The Morgan fingerprint density at radius 2 is 1.52 bits per heavy atom. The second-order valence-electron chi connectivity index (χ2n) is 6.66. The van der Waals surface area contributed by atoms with Crippen molar-refractivity contribution in [2.75, 3.05) is 11.4 Å². The van der Waals surface area contributed by atoms with E-state index in [0.717, 1.165) is 6.54 Å². The average Bonchev–Trinajstić information content (AvgIpc) is 2.89. The summed E-state index contributed by atoms with van der Waals surface area (Å²) in [5.41, 5.74) is 5.85. The second-order valence-corrected chi connectivity index (χ2v) is 6.66. The van der Waals surface area contributed by atoms with Crippen LogP contribution in [0.3, 0.4) is 0 Å². The van der Waals surface area contributed by atoms with Gasteiger partial charge in [-0.15, -0.1) is 0 Å². The van der Waals surface area contributed by atoms with Crippen molar-refractivity contribution in [3.63, 3.8) is 0 Å². The summed E-state index contributed by atoms with van der Waals surface area (Å²) in [5, 5.41) is 0. The van der Waals surface area contributed by atoms with Gasteiger partial charge in [-0.2, -0.15) is 0 Å². The van der Waals surface area contributed by atoms with Gasteiger partial charge < -0.3 is 4.90 Å². The van der Waals surface area contributed by atoms with Crippen LogP contribution in [0.15, 0.2) is 48.5 Å². The molecule has 1 aliphatic rings. The first-order valence-corrected chi connectivity index (χ1v) is 8.04. The minimum Gasteiger partial charge on any atom is -0.367 e. The number of fused-ring (bicyclic) bond motifs is 1. The van der Waals surface area contributed by atoms with Crippen molar-refractivity contribution in [1.82, 2.24) is 0 Å². The molecule has 110 valence electrons. The monoisotopic (exact) mass is 279 g/mol. The molecule has 21 heavy (non-hydrogen) atoms. The molecule has 1 aliphatic carbocycles. The van der Waals surface area contributed by atoms with Gasteiger partial charge >= 0.3 is 0 Å². The molecule has 0 bridgehead atoms. The van der Waals surface area contributed by atoms with Crippen LogP contribution in [0.5, 0.6) is 0 Å². The number of hydrogen-bond donors (Lipinski definition) is 0. The summed E-state index contributed by atoms with van der Waals surface area (Å²) in [6, 6.07) is 18.3. The van der Waals surface area contributed by atoms with Gasteiger partial charge in [-0.1, -0.05) is 56.3 Å². The topological polar surface area (TPSA) is 3.24 Å². The number of nitrogens with zero attached hydrogens (tertiary/aromatic N) is 1. The zero-order valence-electron chi connectivity index (χ0n) is 13.3. The smallest absolute Gasteiger partial charge is 0.0398 e. The normalized spacial score (nSPS) is 14.5. The summed E-state index contributed by atoms with van der Waals surface area (Å²) in [5.74, 6) is 0.674. The van der Waals surface area contributed by atoms with Gasteiger partial charge in [-0.3, -0.25) is 0 Å². The summed E-state index contributed by atoms with van der Waals surface area (Å²) < 4.78 is 0. The van der Waals surface area contributed by atoms with Gasteiger partial charge in [0.05, 0.1) is 0 Å². The maximum atomic E-state index is 2.64. The van der Waals surface area contributed by atoms with Crippen LogP contribution in [-0.4, -0.2) is 12.6 Å².